The SMILES string of the molecule is CN(c1cccc(C(C2=C(O)C(Cc3ccccc3)(Cc3ccccc3)OC2=O)C2CC2)c1)S(=O)(=O)c1ncnc2nc[nH]c12. The van der Waals surface area contributed by atoms with E-state index in [2.05, 4.69) is 19.9 Å². The third-order valence-electron chi connectivity index (χ3n) is 8.65. The van der Waals surface area contributed by atoms with E-state index in [1.54, 1.807) is 18.2 Å². The molecular weight excluding hydrogens is 590 g/mol. The Morgan fingerprint density at radius 3 is 2.27 bits per heavy atom. The molecule has 45 heavy (non-hydrogen) atoms. The number of ether oxygens (including phenoxy) is 1. The summed E-state index contributed by atoms with van der Waals surface area (Å²) in [5, 5.41) is 11.8. The van der Waals surface area contributed by atoms with Crippen LogP contribution in [-0.4, -0.2) is 52.1 Å². The van der Waals surface area contributed by atoms with Gasteiger partial charge < -0.3 is 14.8 Å². The van der Waals surface area contributed by atoms with Crippen LogP contribution < -0.4 is 4.31 Å². The molecular formula is C34H31N5O5S. The molecule has 11 heteroatoms. The molecule has 3 aromatic carbocycles. The molecule has 10 nitrogen and oxygen atoms in total. The minimum atomic E-state index is -4.11. The van der Waals surface area contributed by atoms with Gasteiger partial charge in [-0.25, -0.2) is 19.7 Å². The first-order valence-corrected chi connectivity index (χ1v) is 16.2. The number of hydrogen-bond acceptors (Lipinski definition) is 8. The molecule has 0 saturated heterocycles. The number of sulfonamides is 1. The number of cyclic esters (lactones) is 1. The van der Waals surface area contributed by atoms with E-state index in [0.717, 1.165) is 33.8 Å². The summed E-state index contributed by atoms with van der Waals surface area (Å²) in [6.07, 6.45) is 4.90. The highest BCUT2D eigenvalue weighted by Gasteiger charge is 2.53. The maximum atomic E-state index is 13.8. The molecule has 1 aliphatic heterocycles. The highest BCUT2D eigenvalue weighted by Crippen LogP contribution is 2.52. The smallest absolute Gasteiger partial charge is 0.339 e. The van der Waals surface area contributed by atoms with Gasteiger partial charge in [0.2, 0.25) is 5.03 Å². The summed E-state index contributed by atoms with van der Waals surface area (Å²) in [5.41, 5.74) is 2.40. The summed E-state index contributed by atoms with van der Waals surface area (Å²) in [4.78, 5) is 28.8. The van der Waals surface area contributed by atoms with Crippen molar-refractivity contribution < 1.29 is 23.1 Å². The molecule has 0 spiro atoms. The Morgan fingerprint density at radius 1 is 0.956 bits per heavy atom. The lowest BCUT2D eigenvalue weighted by molar-refractivity contribution is -0.148. The minimum Gasteiger partial charge on any atom is -0.507 e. The highest BCUT2D eigenvalue weighted by molar-refractivity contribution is 7.92. The number of carbonyl (C=O) groups is 1. The molecule has 0 radical (unpaired) electrons. The van der Waals surface area contributed by atoms with Gasteiger partial charge in [-0.3, -0.25) is 4.31 Å². The van der Waals surface area contributed by atoms with Crippen LogP contribution in [0.15, 0.2) is 114 Å². The standard InChI is InChI=1S/C34H31N5O5S/c1-39(45(42,43)32-29-31(36-20-35-29)37-21-38-32)26-14-8-13-25(17-26)27(24-15-16-24)28-30(40)34(44-33(28)41,18-22-9-4-2-5-10-22)19-23-11-6-3-7-12-23/h2-14,17,20-21,24,27,40H,15-16,18-19H2,1H3,(H,35,36,37,38). The number of anilines is 1. The number of H-pyrrole nitrogens is 1. The fourth-order valence-corrected chi connectivity index (χ4v) is 7.51. The Kier molecular flexibility index (Phi) is 7.12. The molecule has 2 aliphatic rings. The molecule has 3 heterocycles. The van der Waals surface area contributed by atoms with Gasteiger partial charge in [-0.1, -0.05) is 72.8 Å². The first-order valence-electron chi connectivity index (χ1n) is 14.7. The molecule has 1 saturated carbocycles. The summed E-state index contributed by atoms with van der Waals surface area (Å²) in [5.74, 6) is -0.987. The van der Waals surface area contributed by atoms with Gasteiger partial charge in [0.05, 0.1) is 17.6 Å². The van der Waals surface area contributed by atoms with Crippen molar-refractivity contribution in [2.45, 2.75) is 42.2 Å². The van der Waals surface area contributed by atoms with Crippen LogP contribution in [0.3, 0.4) is 0 Å². The van der Waals surface area contributed by atoms with Crippen molar-refractivity contribution in [3.05, 3.63) is 126 Å². The maximum absolute atomic E-state index is 13.8. The van der Waals surface area contributed by atoms with Crippen molar-refractivity contribution in [3.8, 4) is 0 Å². The van der Waals surface area contributed by atoms with Crippen LogP contribution in [0, 0.1) is 5.92 Å². The van der Waals surface area contributed by atoms with E-state index in [-0.39, 0.29) is 33.4 Å². The van der Waals surface area contributed by atoms with Gasteiger partial charge in [0.15, 0.2) is 11.2 Å². The number of hydrogen-bond donors (Lipinski definition) is 2. The van der Waals surface area contributed by atoms with Gasteiger partial charge >= 0.3 is 5.97 Å². The summed E-state index contributed by atoms with van der Waals surface area (Å²) < 4.78 is 34.8. The number of aromatic nitrogens is 4. The fraction of sp³-hybridized carbons (Fsp3) is 0.235. The van der Waals surface area contributed by atoms with Crippen LogP contribution in [0.4, 0.5) is 5.69 Å². The number of nitrogens with one attached hydrogen (secondary N) is 1. The topological polar surface area (TPSA) is 138 Å². The van der Waals surface area contributed by atoms with Crippen LogP contribution in [-0.2, 0) is 32.4 Å². The van der Waals surface area contributed by atoms with Crippen LogP contribution in [0.1, 0.15) is 35.4 Å². The van der Waals surface area contributed by atoms with E-state index >= 15 is 0 Å². The Bertz CT molecular complexity index is 1980. The maximum Gasteiger partial charge on any atom is 0.339 e. The number of rotatable bonds is 10. The predicted octanol–water partition coefficient (Wildman–Crippen LogP) is 5.26. The number of aliphatic hydroxyl groups excluding tert-OH is 1. The molecule has 1 unspecified atom stereocenters. The van der Waals surface area contributed by atoms with Crippen LogP contribution >= 0.6 is 0 Å². The summed E-state index contributed by atoms with van der Waals surface area (Å²) >= 11 is 0. The number of nitrogens with zero attached hydrogens (tertiary/aromatic N) is 4. The zero-order valence-corrected chi connectivity index (χ0v) is 25.3. The van der Waals surface area contributed by atoms with E-state index < -0.39 is 27.5 Å². The number of carbonyl (C=O) groups excluding carboxylic acids is 1. The third-order valence-corrected chi connectivity index (χ3v) is 10.4. The second-order valence-electron chi connectivity index (χ2n) is 11.6. The van der Waals surface area contributed by atoms with E-state index in [0.29, 0.717) is 18.5 Å². The van der Waals surface area contributed by atoms with E-state index in [1.165, 1.54) is 19.7 Å². The van der Waals surface area contributed by atoms with Crippen molar-refractivity contribution in [3.63, 3.8) is 0 Å². The van der Waals surface area contributed by atoms with E-state index in [1.807, 2.05) is 66.7 Å². The number of esters is 1. The molecule has 1 fully saturated rings. The molecule has 2 N–H and O–H groups in total. The number of fused-ring (bicyclic) bond motifs is 1. The largest absolute Gasteiger partial charge is 0.507 e. The number of imidazole rings is 1. The highest BCUT2D eigenvalue weighted by atomic mass is 32.2. The lowest BCUT2D eigenvalue weighted by atomic mass is 9.81. The van der Waals surface area contributed by atoms with Gasteiger partial charge in [0.25, 0.3) is 10.0 Å². The first kappa shape index (κ1) is 28.7. The molecule has 7 rings (SSSR count). The van der Waals surface area contributed by atoms with E-state index in [9.17, 15) is 18.3 Å². The average Bonchev–Trinajstić information content (AvgIpc) is 3.72. The molecule has 1 atom stereocenters. The van der Waals surface area contributed by atoms with Crippen LogP contribution in [0.25, 0.3) is 11.2 Å². The quantitative estimate of drug-likeness (QED) is 0.159. The number of aliphatic hydroxyl groups is 1. The Balaban J connectivity index is 1.29. The Morgan fingerprint density at radius 2 is 1.62 bits per heavy atom. The predicted molar refractivity (Wildman–Crippen MR) is 168 cm³/mol. The zero-order chi connectivity index (χ0) is 31.2. The first-order chi connectivity index (χ1) is 21.8. The molecule has 5 aromatic rings. The molecule has 0 amide bonds. The summed E-state index contributed by atoms with van der Waals surface area (Å²) in [6.45, 7) is 0. The lowest BCUT2D eigenvalue weighted by Gasteiger charge is -2.29. The van der Waals surface area contributed by atoms with Crippen LogP contribution in [0.5, 0.6) is 0 Å². The van der Waals surface area contributed by atoms with Crippen molar-refractivity contribution in [1.29, 1.82) is 0 Å². The van der Waals surface area contributed by atoms with Crippen molar-refractivity contribution in [2.24, 2.45) is 5.92 Å². The summed E-state index contributed by atoms with van der Waals surface area (Å²) in [6, 6.07) is 26.4. The van der Waals surface area contributed by atoms with Gasteiger partial charge in [0.1, 0.15) is 17.6 Å². The fourth-order valence-electron chi connectivity index (χ4n) is 6.28. The van der Waals surface area contributed by atoms with Crippen molar-refractivity contribution >= 4 is 32.8 Å². The Labute approximate surface area is 260 Å². The van der Waals surface area contributed by atoms with Crippen LogP contribution in [0.2, 0.25) is 0 Å². The molecule has 0 bridgehead atoms. The normalized spacial score (nSPS) is 17.0. The van der Waals surface area contributed by atoms with Crippen molar-refractivity contribution in [1.82, 2.24) is 19.9 Å². The second kappa shape index (κ2) is 11.2. The number of benzene rings is 3. The van der Waals surface area contributed by atoms with Gasteiger partial charge in [-0.05, 0) is 47.6 Å². The van der Waals surface area contributed by atoms with E-state index in [4.69, 9.17) is 4.74 Å². The number of aromatic amines is 1. The van der Waals surface area contributed by atoms with Gasteiger partial charge in [-0.15, -0.1) is 0 Å². The van der Waals surface area contributed by atoms with Crippen molar-refractivity contribution in [2.75, 3.05) is 11.4 Å². The third kappa shape index (κ3) is 5.22. The molecule has 1 aliphatic carbocycles. The van der Waals surface area contributed by atoms with Gasteiger partial charge in [0, 0.05) is 25.8 Å². The minimum absolute atomic E-state index is 0.0638. The monoisotopic (exact) mass is 621 g/mol. The molecule has 228 valence electrons. The summed E-state index contributed by atoms with van der Waals surface area (Å²) in [7, 11) is -2.65. The van der Waals surface area contributed by atoms with Gasteiger partial charge in [-0.2, -0.15) is 8.42 Å². The average molecular weight is 622 g/mol. The lowest BCUT2D eigenvalue weighted by Crippen LogP contribution is -2.37. The second-order valence-corrected chi connectivity index (χ2v) is 13.5. The zero-order valence-electron chi connectivity index (χ0n) is 24.5. The molecule has 2 aromatic heterocycles. The Hall–Kier alpha value is -5.03.